The van der Waals surface area contributed by atoms with Crippen LogP contribution in [0.5, 0.6) is 0 Å². The van der Waals surface area contributed by atoms with Gasteiger partial charge in [0.05, 0.1) is 10.7 Å². The first-order chi connectivity index (χ1) is 7.86. The number of nitrogens with two attached hydrogens (primary N) is 2. The maximum Gasteiger partial charge on any atom is 0.291 e. The molecule has 0 heterocycles. The summed E-state index contributed by atoms with van der Waals surface area (Å²) >= 11 is 11.5. The Bertz CT molecular complexity index is 422. The van der Waals surface area contributed by atoms with Crippen LogP contribution in [0.25, 0.3) is 0 Å². The zero-order valence-corrected chi connectivity index (χ0v) is 9.81. The minimum Gasteiger partial charge on any atom is -0.369 e. The van der Waals surface area contributed by atoms with Gasteiger partial charge in [-0.15, -0.1) is 10.1 Å². The lowest BCUT2D eigenvalue weighted by molar-refractivity contribution is -0.742. The molecule has 0 unspecified atom stereocenters. The maximum atomic E-state index is 8.36. The van der Waals surface area contributed by atoms with Gasteiger partial charge in [0.1, 0.15) is 0 Å². The zero-order valence-electron chi connectivity index (χ0n) is 8.30. The van der Waals surface area contributed by atoms with Crippen molar-refractivity contribution in [2.24, 2.45) is 16.6 Å². The van der Waals surface area contributed by atoms with Crippen LogP contribution in [0, 0.1) is 10.1 Å². The quantitative estimate of drug-likeness (QED) is 0.199. The number of aliphatic imine (C=N–C) groups is 1. The summed E-state index contributed by atoms with van der Waals surface area (Å²) in [6, 6.07) is 4.89. The van der Waals surface area contributed by atoms with Gasteiger partial charge in [-0.3, -0.25) is 5.43 Å². The Morgan fingerprint density at radius 3 is 2.47 bits per heavy atom. The third-order valence-corrected chi connectivity index (χ3v) is 1.84. The molecule has 17 heavy (non-hydrogen) atoms. The Morgan fingerprint density at radius 1 is 1.53 bits per heavy atom. The number of hydrogen-bond donors (Lipinski definition) is 4. The van der Waals surface area contributed by atoms with E-state index < -0.39 is 5.09 Å². The minimum absolute atomic E-state index is 0.0872. The summed E-state index contributed by atoms with van der Waals surface area (Å²) in [4.78, 5) is 12.2. The van der Waals surface area contributed by atoms with Gasteiger partial charge in [0, 0.05) is 5.02 Å². The first-order valence-corrected chi connectivity index (χ1v) is 4.71. The third kappa shape index (κ3) is 7.17. The topological polar surface area (TPSA) is 140 Å². The second-order valence-electron chi connectivity index (χ2n) is 2.47. The molecule has 0 spiro atoms. The fourth-order valence-electron chi connectivity index (χ4n) is 0.734. The predicted molar refractivity (Wildman–Crippen MR) is 63.8 cm³/mol. The molecule has 0 aliphatic rings. The van der Waals surface area contributed by atoms with Gasteiger partial charge in [-0.2, -0.15) is 0 Å². The minimum atomic E-state index is -1.50. The Morgan fingerprint density at radius 2 is 2.06 bits per heavy atom. The molecule has 10 heteroatoms. The van der Waals surface area contributed by atoms with Gasteiger partial charge in [0.2, 0.25) is 5.96 Å². The number of halogens is 2. The lowest BCUT2D eigenvalue weighted by Crippen LogP contribution is -2.36. The van der Waals surface area contributed by atoms with Crippen LogP contribution in [0.3, 0.4) is 0 Å². The van der Waals surface area contributed by atoms with Crippen LogP contribution in [0.2, 0.25) is 10.0 Å². The monoisotopic (exact) mass is 281 g/mol. The van der Waals surface area contributed by atoms with Crippen molar-refractivity contribution in [1.82, 2.24) is 5.43 Å². The summed E-state index contributed by atoms with van der Waals surface area (Å²) in [5.74, 6) is 5.11. The van der Waals surface area contributed by atoms with E-state index in [0.717, 1.165) is 0 Å². The maximum absolute atomic E-state index is 8.36. The summed E-state index contributed by atoms with van der Waals surface area (Å²) in [5.41, 5.74) is 8.04. The standard InChI is InChI=1S/C7H8Cl2N4.HNO3/c8-4-1-2-6(5(9)3-4)12-7(10)13-11;2-1(3)4/h1-3H,11H2,(H3,10,12,13);(H,2,3,4). The molecule has 0 aliphatic carbocycles. The van der Waals surface area contributed by atoms with Crippen LogP contribution in [0.4, 0.5) is 5.69 Å². The molecular weight excluding hydrogens is 273 g/mol. The molecule has 0 aromatic heterocycles. The van der Waals surface area contributed by atoms with E-state index in [1.165, 1.54) is 0 Å². The Hall–Kier alpha value is -1.77. The van der Waals surface area contributed by atoms with E-state index >= 15 is 0 Å². The Balaban J connectivity index is 0.000000557. The second-order valence-corrected chi connectivity index (χ2v) is 3.32. The van der Waals surface area contributed by atoms with E-state index in [1.54, 1.807) is 18.2 Å². The first-order valence-electron chi connectivity index (χ1n) is 3.96. The van der Waals surface area contributed by atoms with Gasteiger partial charge in [-0.05, 0) is 18.2 Å². The molecule has 0 aliphatic heterocycles. The largest absolute Gasteiger partial charge is 0.369 e. The predicted octanol–water partition coefficient (Wildman–Crippen LogP) is 1.06. The number of nitrogens with zero attached hydrogens (tertiary/aromatic N) is 2. The van der Waals surface area contributed by atoms with E-state index in [0.29, 0.717) is 15.7 Å². The molecule has 0 radical (unpaired) electrons. The molecule has 0 saturated heterocycles. The van der Waals surface area contributed by atoms with Crippen LogP contribution in [-0.4, -0.2) is 16.3 Å². The van der Waals surface area contributed by atoms with Crippen LogP contribution in [0.15, 0.2) is 23.2 Å². The first kappa shape index (κ1) is 15.2. The second kappa shape index (κ2) is 7.49. The number of guanidine groups is 1. The molecule has 0 bridgehead atoms. The van der Waals surface area contributed by atoms with Crippen molar-refractivity contribution in [1.29, 1.82) is 0 Å². The van der Waals surface area contributed by atoms with Gasteiger partial charge in [-0.1, -0.05) is 23.2 Å². The summed E-state index contributed by atoms with van der Waals surface area (Å²) in [6.45, 7) is 0. The highest BCUT2D eigenvalue weighted by molar-refractivity contribution is 6.36. The summed E-state index contributed by atoms with van der Waals surface area (Å²) in [6.07, 6.45) is 0. The van der Waals surface area contributed by atoms with E-state index in [4.69, 9.17) is 50.1 Å². The van der Waals surface area contributed by atoms with Crippen LogP contribution in [0.1, 0.15) is 0 Å². The summed E-state index contributed by atoms with van der Waals surface area (Å²) < 4.78 is 0. The van der Waals surface area contributed by atoms with Crippen molar-refractivity contribution in [2.45, 2.75) is 0 Å². The molecular formula is C7H9Cl2N5O3. The van der Waals surface area contributed by atoms with E-state index in [-0.39, 0.29) is 5.96 Å². The van der Waals surface area contributed by atoms with Crippen molar-refractivity contribution in [3.63, 3.8) is 0 Å². The fourth-order valence-corrected chi connectivity index (χ4v) is 1.18. The third-order valence-electron chi connectivity index (χ3n) is 1.30. The van der Waals surface area contributed by atoms with Crippen molar-refractivity contribution < 1.29 is 10.3 Å². The molecule has 0 amide bonds. The van der Waals surface area contributed by atoms with Gasteiger partial charge in [0.15, 0.2) is 0 Å². The highest BCUT2D eigenvalue weighted by Gasteiger charge is 1.99. The van der Waals surface area contributed by atoms with Crippen molar-refractivity contribution in [3.8, 4) is 0 Å². The molecule has 0 atom stereocenters. The van der Waals surface area contributed by atoms with Gasteiger partial charge >= 0.3 is 0 Å². The van der Waals surface area contributed by atoms with E-state index in [1.807, 2.05) is 0 Å². The number of rotatable bonds is 1. The average Bonchev–Trinajstić information content (AvgIpc) is 2.21. The highest BCUT2D eigenvalue weighted by atomic mass is 35.5. The van der Waals surface area contributed by atoms with Crippen molar-refractivity contribution in [2.75, 3.05) is 0 Å². The normalized spacial score (nSPS) is 10.2. The van der Waals surface area contributed by atoms with Crippen LogP contribution in [-0.2, 0) is 0 Å². The Kier molecular flexibility index (Phi) is 6.71. The van der Waals surface area contributed by atoms with Crippen molar-refractivity contribution >= 4 is 34.8 Å². The smallest absolute Gasteiger partial charge is 0.291 e. The molecule has 6 N–H and O–H groups in total. The SMILES string of the molecule is NNC(N)=Nc1ccc(Cl)cc1Cl.O=[N+]([O-])O. The number of nitrogens with one attached hydrogen (secondary N) is 1. The van der Waals surface area contributed by atoms with Crippen molar-refractivity contribution in [3.05, 3.63) is 38.4 Å². The van der Waals surface area contributed by atoms with Gasteiger partial charge in [0.25, 0.3) is 5.09 Å². The van der Waals surface area contributed by atoms with Gasteiger partial charge in [-0.25, -0.2) is 10.8 Å². The fraction of sp³-hybridized carbons (Fsp3) is 0. The highest BCUT2D eigenvalue weighted by Crippen LogP contribution is 2.27. The zero-order chi connectivity index (χ0) is 13.4. The van der Waals surface area contributed by atoms with E-state index in [9.17, 15) is 0 Å². The van der Waals surface area contributed by atoms with E-state index in [2.05, 4.69) is 10.4 Å². The lowest BCUT2D eigenvalue weighted by atomic mass is 10.3. The number of hydrazine groups is 1. The van der Waals surface area contributed by atoms with Crippen LogP contribution >= 0.6 is 23.2 Å². The molecule has 1 aromatic rings. The summed E-state index contributed by atoms with van der Waals surface area (Å²) in [5, 5.41) is 14.6. The molecule has 1 rings (SSSR count). The molecule has 94 valence electrons. The molecule has 0 saturated carbocycles. The summed E-state index contributed by atoms with van der Waals surface area (Å²) in [7, 11) is 0. The van der Waals surface area contributed by atoms with Crippen LogP contribution < -0.4 is 17.0 Å². The molecule has 1 aromatic carbocycles. The number of hydrogen-bond acceptors (Lipinski definition) is 4. The molecule has 0 fully saturated rings. The molecule has 8 nitrogen and oxygen atoms in total. The lowest BCUT2D eigenvalue weighted by Gasteiger charge is -2.00. The van der Waals surface area contributed by atoms with Gasteiger partial charge < -0.3 is 10.9 Å². The number of benzene rings is 1. The average molecular weight is 282 g/mol. The Labute approximate surface area is 106 Å².